The quantitative estimate of drug-likeness (QED) is 0.921. The Kier molecular flexibility index (Phi) is 4.90. The number of hydrogen-bond acceptors (Lipinski definition) is 3. The molecule has 2 aliphatic rings. The average molecular weight is 329 g/mol. The van der Waals surface area contributed by atoms with E-state index in [2.05, 4.69) is 31.1 Å². The van der Waals surface area contributed by atoms with Crippen molar-refractivity contribution in [1.82, 2.24) is 9.80 Å². The molecule has 0 radical (unpaired) electrons. The highest BCUT2D eigenvalue weighted by Crippen LogP contribution is 2.41. The summed E-state index contributed by atoms with van der Waals surface area (Å²) < 4.78 is 0. The van der Waals surface area contributed by atoms with Crippen LogP contribution in [0.3, 0.4) is 0 Å². The van der Waals surface area contributed by atoms with E-state index in [4.69, 9.17) is 0 Å². The van der Waals surface area contributed by atoms with Crippen LogP contribution in [0.15, 0.2) is 24.3 Å². The number of piperazine rings is 1. The Morgan fingerprint density at radius 2 is 1.67 bits per heavy atom. The number of benzene rings is 1. The number of nitrogens with zero attached hydrogens (tertiary/aromatic N) is 2. The zero-order chi connectivity index (χ0) is 17.3. The summed E-state index contributed by atoms with van der Waals surface area (Å²) >= 11 is 0. The van der Waals surface area contributed by atoms with Crippen molar-refractivity contribution in [2.45, 2.75) is 26.2 Å². The lowest BCUT2D eigenvalue weighted by Crippen LogP contribution is -2.48. The molecule has 1 aromatic carbocycles. The fourth-order valence-corrected chi connectivity index (χ4v) is 3.21. The Morgan fingerprint density at radius 1 is 1.04 bits per heavy atom. The summed E-state index contributed by atoms with van der Waals surface area (Å²) in [7, 11) is 2.07. The van der Waals surface area contributed by atoms with E-state index in [1.807, 2.05) is 29.2 Å². The van der Waals surface area contributed by atoms with Gasteiger partial charge in [0, 0.05) is 31.9 Å². The van der Waals surface area contributed by atoms with Crippen LogP contribution in [0, 0.1) is 11.8 Å². The van der Waals surface area contributed by atoms with Gasteiger partial charge >= 0.3 is 0 Å². The molecule has 2 fully saturated rings. The summed E-state index contributed by atoms with van der Waals surface area (Å²) in [5.41, 5.74) is 2.06. The van der Waals surface area contributed by atoms with Crippen molar-refractivity contribution >= 4 is 17.5 Å². The van der Waals surface area contributed by atoms with E-state index in [0.717, 1.165) is 31.9 Å². The zero-order valence-electron chi connectivity index (χ0n) is 14.8. The van der Waals surface area contributed by atoms with Crippen molar-refractivity contribution in [2.75, 3.05) is 38.5 Å². The molecule has 3 rings (SSSR count). The molecule has 5 nitrogen and oxygen atoms in total. The number of carbonyl (C=O) groups excluding carboxylic acids is 2. The number of anilines is 1. The largest absolute Gasteiger partial charge is 0.340 e. The first-order chi connectivity index (χ1) is 11.5. The molecule has 1 aromatic rings. The Bertz CT molecular complexity index is 604. The monoisotopic (exact) mass is 329 g/mol. The Hall–Kier alpha value is -1.88. The minimum Gasteiger partial charge on any atom is -0.340 e. The van der Waals surface area contributed by atoms with E-state index in [0.29, 0.717) is 12.3 Å². The summed E-state index contributed by atoms with van der Waals surface area (Å²) in [6.07, 6.45) is 0.682. The standard InChI is InChI=1S/C19H27N3O2/c1-13(2)14-4-6-15(7-5-14)20-18(23)16-12-17(16)19(24)22-10-8-21(3)9-11-22/h4-7,13,16-17H,8-12H2,1-3H3,(H,20,23). The third-order valence-corrected chi connectivity index (χ3v) is 5.10. The molecule has 2 amide bonds. The molecule has 0 bridgehead atoms. The van der Waals surface area contributed by atoms with Gasteiger partial charge in [0.05, 0.1) is 11.8 Å². The molecule has 1 aliphatic heterocycles. The highest BCUT2D eigenvalue weighted by molar-refractivity contribution is 5.99. The summed E-state index contributed by atoms with van der Waals surface area (Å²) in [6.45, 7) is 7.67. The second-order valence-electron chi connectivity index (χ2n) is 7.34. The van der Waals surface area contributed by atoms with Gasteiger partial charge < -0.3 is 15.1 Å². The van der Waals surface area contributed by atoms with E-state index >= 15 is 0 Å². The first-order valence-electron chi connectivity index (χ1n) is 8.84. The molecular formula is C19H27N3O2. The van der Waals surface area contributed by atoms with Crippen molar-refractivity contribution in [2.24, 2.45) is 11.8 Å². The molecule has 1 heterocycles. The molecule has 1 saturated carbocycles. The lowest BCUT2D eigenvalue weighted by atomic mass is 10.0. The van der Waals surface area contributed by atoms with Gasteiger partial charge in [0.25, 0.3) is 0 Å². The normalized spacial score (nSPS) is 24.1. The third-order valence-electron chi connectivity index (χ3n) is 5.10. The predicted octanol–water partition coefficient (Wildman–Crippen LogP) is 2.16. The van der Waals surface area contributed by atoms with Crippen LogP contribution in [-0.4, -0.2) is 54.8 Å². The Labute approximate surface area is 144 Å². The second-order valence-corrected chi connectivity index (χ2v) is 7.34. The molecule has 1 aliphatic carbocycles. The van der Waals surface area contributed by atoms with Gasteiger partial charge in [-0.05, 0) is 37.1 Å². The first-order valence-corrected chi connectivity index (χ1v) is 8.84. The molecule has 0 spiro atoms. The van der Waals surface area contributed by atoms with Gasteiger partial charge in [-0.25, -0.2) is 0 Å². The minimum atomic E-state index is -0.165. The van der Waals surface area contributed by atoms with Crippen LogP contribution in [0.4, 0.5) is 5.69 Å². The van der Waals surface area contributed by atoms with Gasteiger partial charge in [-0.15, -0.1) is 0 Å². The van der Waals surface area contributed by atoms with Crippen LogP contribution in [0.25, 0.3) is 0 Å². The maximum absolute atomic E-state index is 12.5. The minimum absolute atomic E-state index is 0.0280. The van der Waals surface area contributed by atoms with Gasteiger partial charge in [-0.1, -0.05) is 26.0 Å². The number of nitrogens with one attached hydrogen (secondary N) is 1. The number of rotatable bonds is 4. The van der Waals surface area contributed by atoms with Crippen LogP contribution in [0.5, 0.6) is 0 Å². The van der Waals surface area contributed by atoms with Crippen molar-refractivity contribution in [3.05, 3.63) is 29.8 Å². The summed E-state index contributed by atoms with van der Waals surface area (Å²) in [6, 6.07) is 7.96. The van der Waals surface area contributed by atoms with Crippen LogP contribution in [0.2, 0.25) is 0 Å². The number of likely N-dealkylation sites (N-methyl/N-ethyl adjacent to an activating group) is 1. The average Bonchev–Trinajstić information content (AvgIpc) is 3.36. The number of amides is 2. The van der Waals surface area contributed by atoms with E-state index in [9.17, 15) is 9.59 Å². The van der Waals surface area contributed by atoms with E-state index < -0.39 is 0 Å². The Morgan fingerprint density at radius 3 is 2.25 bits per heavy atom. The lowest BCUT2D eigenvalue weighted by molar-refractivity contribution is -0.135. The molecule has 0 aromatic heterocycles. The predicted molar refractivity (Wildman–Crippen MR) is 94.8 cm³/mol. The fourth-order valence-electron chi connectivity index (χ4n) is 3.21. The smallest absolute Gasteiger partial charge is 0.228 e. The molecule has 130 valence electrons. The molecule has 24 heavy (non-hydrogen) atoms. The molecule has 5 heteroatoms. The summed E-state index contributed by atoms with van der Waals surface area (Å²) in [5.74, 6) is 0.312. The maximum Gasteiger partial charge on any atom is 0.228 e. The lowest BCUT2D eigenvalue weighted by Gasteiger charge is -2.32. The van der Waals surface area contributed by atoms with Gasteiger partial charge in [-0.3, -0.25) is 9.59 Å². The van der Waals surface area contributed by atoms with Gasteiger partial charge in [-0.2, -0.15) is 0 Å². The first kappa shape index (κ1) is 17.0. The van der Waals surface area contributed by atoms with Crippen molar-refractivity contribution in [3.63, 3.8) is 0 Å². The highest BCUT2D eigenvalue weighted by atomic mass is 16.2. The fraction of sp³-hybridized carbons (Fsp3) is 0.579. The van der Waals surface area contributed by atoms with Gasteiger partial charge in [0.1, 0.15) is 0 Å². The van der Waals surface area contributed by atoms with Crippen LogP contribution >= 0.6 is 0 Å². The van der Waals surface area contributed by atoms with E-state index in [1.165, 1.54) is 5.56 Å². The van der Waals surface area contributed by atoms with Crippen LogP contribution in [0.1, 0.15) is 31.7 Å². The molecule has 2 atom stereocenters. The molecule has 2 unspecified atom stereocenters. The zero-order valence-corrected chi connectivity index (χ0v) is 14.8. The van der Waals surface area contributed by atoms with E-state index in [-0.39, 0.29) is 23.7 Å². The molecule has 1 saturated heterocycles. The maximum atomic E-state index is 12.5. The van der Waals surface area contributed by atoms with Gasteiger partial charge in [0.2, 0.25) is 11.8 Å². The summed E-state index contributed by atoms with van der Waals surface area (Å²) in [5, 5.41) is 2.95. The Balaban J connectivity index is 1.51. The van der Waals surface area contributed by atoms with Crippen LogP contribution < -0.4 is 5.32 Å². The van der Waals surface area contributed by atoms with Crippen LogP contribution in [-0.2, 0) is 9.59 Å². The van der Waals surface area contributed by atoms with Gasteiger partial charge in [0.15, 0.2) is 0 Å². The second kappa shape index (κ2) is 6.93. The van der Waals surface area contributed by atoms with Crippen molar-refractivity contribution in [1.29, 1.82) is 0 Å². The van der Waals surface area contributed by atoms with Crippen molar-refractivity contribution in [3.8, 4) is 0 Å². The van der Waals surface area contributed by atoms with Crippen molar-refractivity contribution < 1.29 is 9.59 Å². The SMILES string of the molecule is CC(C)c1ccc(NC(=O)C2CC2C(=O)N2CCN(C)CC2)cc1. The summed E-state index contributed by atoms with van der Waals surface area (Å²) in [4.78, 5) is 29.0. The highest BCUT2D eigenvalue weighted by Gasteiger charge is 2.49. The third kappa shape index (κ3) is 3.78. The van der Waals surface area contributed by atoms with E-state index in [1.54, 1.807) is 0 Å². The number of hydrogen-bond donors (Lipinski definition) is 1. The molecular weight excluding hydrogens is 302 g/mol. The topological polar surface area (TPSA) is 52.7 Å². The molecule has 1 N–H and O–H groups in total. The number of carbonyl (C=O) groups is 2.